The van der Waals surface area contributed by atoms with E-state index in [9.17, 15) is 13.6 Å². The fourth-order valence-corrected chi connectivity index (χ4v) is 4.77. The average molecular weight is 462 g/mol. The van der Waals surface area contributed by atoms with Crippen molar-refractivity contribution in [2.45, 2.75) is 35.1 Å². The maximum atomic E-state index is 12.7. The third kappa shape index (κ3) is 5.43. The van der Waals surface area contributed by atoms with Gasteiger partial charge in [0.1, 0.15) is 0 Å². The molecule has 4 rings (SSSR count). The van der Waals surface area contributed by atoms with Gasteiger partial charge in [-0.1, -0.05) is 23.5 Å². The fraction of sp³-hybridized carbons (Fsp3) is 0.333. The lowest BCUT2D eigenvalue weighted by Crippen LogP contribution is -2.36. The van der Waals surface area contributed by atoms with Crippen molar-refractivity contribution in [3.8, 4) is 17.1 Å². The first-order valence-corrected chi connectivity index (χ1v) is 11.8. The number of hydrogen-bond donors (Lipinski definition) is 0. The molecule has 3 heterocycles. The predicted octanol–water partition coefficient (Wildman–Crippen LogP) is 4.75. The number of nitrogens with zero attached hydrogens (tertiary/aromatic N) is 5. The first-order valence-electron chi connectivity index (χ1n) is 9.93. The van der Waals surface area contributed by atoms with Crippen molar-refractivity contribution in [2.24, 2.45) is 0 Å². The van der Waals surface area contributed by atoms with Crippen molar-refractivity contribution in [1.29, 1.82) is 0 Å². The first kappa shape index (κ1) is 21.8. The maximum Gasteiger partial charge on any atom is 0.288 e. The highest BCUT2D eigenvalue weighted by Gasteiger charge is 2.21. The second kappa shape index (κ2) is 10.2. The van der Waals surface area contributed by atoms with Crippen LogP contribution in [0.5, 0.6) is 0 Å². The van der Waals surface area contributed by atoms with E-state index < -0.39 is 5.76 Å². The van der Waals surface area contributed by atoms with Crippen molar-refractivity contribution >= 4 is 29.4 Å². The number of amides is 1. The van der Waals surface area contributed by atoms with Crippen LogP contribution in [0, 0.1) is 0 Å². The lowest BCUT2D eigenvalue weighted by atomic mass is 10.1. The molecule has 0 atom stereocenters. The predicted molar refractivity (Wildman–Crippen MR) is 118 cm³/mol. The molecule has 0 bridgehead atoms. The normalized spacial score (nSPS) is 14.2. The van der Waals surface area contributed by atoms with Crippen molar-refractivity contribution in [3.05, 3.63) is 48.8 Å². The molecule has 0 saturated carbocycles. The van der Waals surface area contributed by atoms with Gasteiger partial charge in [0.05, 0.1) is 5.75 Å². The number of likely N-dealkylation sites (tertiary alicyclic amines) is 1. The third-order valence-corrected chi connectivity index (χ3v) is 6.54. The number of carbonyl (C=O) groups is 1. The number of carbonyl (C=O) groups excluding carboxylic acids is 1. The van der Waals surface area contributed by atoms with Crippen molar-refractivity contribution < 1.29 is 13.6 Å². The number of piperidine rings is 1. The summed E-state index contributed by atoms with van der Waals surface area (Å²) >= 11 is 1.83. The molecular weight excluding hydrogens is 440 g/mol. The Kier molecular flexibility index (Phi) is 7.18. The summed E-state index contributed by atoms with van der Waals surface area (Å²) in [6, 6.07) is 10.5. The zero-order valence-corrected chi connectivity index (χ0v) is 18.3. The highest BCUT2D eigenvalue weighted by molar-refractivity contribution is 8.00. The lowest BCUT2D eigenvalue weighted by Gasteiger charge is -2.26. The van der Waals surface area contributed by atoms with Gasteiger partial charge >= 0.3 is 0 Å². The van der Waals surface area contributed by atoms with Gasteiger partial charge in [0.25, 0.3) is 5.76 Å². The van der Waals surface area contributed by atoms with Crippen LogP contribution in [0.1, 0.15) is 19.3 Å². The van der Waals surface area contributed by atoms with Gasteiger partial charge < -0.3 is 4.90 Å². The number of benzene rings is 1. The Bertz CT molecular complexity index is 1010. The van der Waals surface area contributed by atoms with Crippen LogP contribution >= 0.6 is 23.5 Å². The van der Waals surface area contributed by atoms with Crippen LogP contribution in [0.15, 0.2) is 58.8 Å². The molecule has 10 heteroatoms. The summed E-state index contributed by atoms with van der Waals surface area (Å²) in [6.45, 7) is 1.60. The van der Waals surface area contributed by atoms with E-state index >= 15 is 0 Å². The quantitative estimate of drug-likeness (QED) is 0.473. The van der Waals surface area contributed by atoms with Crippen LogP contribution in [0.25, 0.3) is 17.1 Å². The van der Waals surface area contributed by atoms with Gasteiger partial charge in [0.15, 0.2) is 11.0 Å². The average Bonchev–Trinajstić information content (AvgIpc) is 3.23. The van der Waals surface area contributed by atoms with Gasteiger partial charge in [-0.2, -0.15) is 8.78 Å². The molecule has 31 heavy (non-hydrogen) atoms. The topological polar surface area (TPSA) is 63.9 Å². The Hall–Kier alpha value is -2.46. The number of pyridine rings is 1. The van der Waals surface area contributed by atoms with E-state index in [1.165, 1.54) is 18.2 Å². The Morgan fingerprint density at radius 3 is 2.52 bits per heavy atom. The standard InChI is InChI=1S/C21H21F2N5OS2/c22-20(23)31-17-8-6-16(7-9-17)28-19(15-5-4-10-24-13-15)25-26-21(28)30-14-18(29)27-11-2-1-3-12-27/h4-10,13,20H,1-3,11-12,14H2. The van der Waals surface area contributed by atoms with Gasteiger partial charge in [-0.05, 0) is 55.7 Å². The smallest absolute Gasteiger partial charge is 0.288 e. The summed E-state index contributed by atoms with van der Waals surface area (Å²) in [5.41, 5.74) is 1.51. The van der Waals surface area contributed by atoms with E-state index in [0.29, 0.717) is 27.6 Å². The number of hydrogen-bond acceptors (Lipinski definition) is 6. The summed E-state index contributed by atoms with van der Waals surface area (Å²) in [5.74, 6) is -1.54. The molecule has 1 saturated heterocycles. The van der Waals surface area contributed by atoms with Crippen molar-refractivity contribution in [1.82, 2.24) is 24.6 Å². The highest BCUT2D eigenvalue weighted by Crippen LogP contribution is 2.30. The minimum absolute atomic E-state index is 0.0888. The van der Waals surface area contributed by atoms with Crippen LogP contribution < -0.4 is 0 Å². The van der Waals surface area contributed by atoms with Gasteiger partial charge in [0.2, 0.25) is 5.91 Å². The Morgan fingerprint density at radius 2 is 1.84 bits per heavy atom. The minimum Gasteiger partial charge on any atom is -0.342 e. The van der Waals surface area contributed by atoms with Crippen molar-refractivity contribution in [3.63, 3.8) is 0 Å². The molecule has 1 aromatic carbocycles. The molecular formula is C21H21F2N5OS2. The second-order valence-corrected chi connectivity index (χ2v) is 8.99. The van der Waals surface area contributed by atoms with Gasteiger partial charge in [-0.15, -0.1) is 10.2 Å². The maximum absolute atomic E-state index is 12.7. The van der Waals surface area contributed by atoms with E-state index in [1.54, 1.807) is 36.7 Å². The summed E-state index contributed by atoms with van der Waals surface area (Å²) in [7, 11) is 0. The fourth-order valence-electron chi connectivity index (χ4n) is 3.42. The number of thioether (sulfide) groups is 2. The molecule has 2 aromatic heterocycles. The molecule has 0 aliphatic carbocycles. The zero-order chi connectivity index (χ0) is 21.6. The monoisotopic (exact) mass is 461 g/mol. The third-order valence-electron chi connectivity index (χ3n) is 4.91. The van der Waals surface area contributed by atoms with Crippen LogP contribution in [-0.4, -0.2) is 55.2 Å². The van der Waals surface area contributed by atoms with E-state index in [1.807, 2.05) is 21.6 Å². The summed E-state index contributed by atoms with van der Waals surface area (Å²) in [6.07, 6.45) is 6.61. The molecule has 0 radical (unpaired) electrons. The van der Waals surface area contributed by atoms with Crippen LogP contribution in [-0.2, 0) is 4.79 Å². The number of rotatable bonds is 7. The summed E-state index contributed by atoms with van der Waals surface area (Å²) < 4.78 is 27.2. The second-order valence-electron chi connectivity index (χ2n) is 6.99. The van der Waals surface area contributed by atoms with E-state index in [2.05, 4.69) is 15.2 Å². The minimum atomic E-state index is -2.47. The molecule has 0 spiro atoms. The van der Waals surface area contributed by atoms with E-state index in [0.717, 1.165) is 37.2 Å². The van der Waals surface area contributed by atoms with Crippen LogP contribution in [0.2, 0.25) is 0 Å². The molecule has 6 nitrogen and oxygen atoms in total. The lowest BCUT2D eigenvalue weighted by molar-refractivity contribution is -0.129. The number of alkyl halides is 2. The van der Waals surface area contributed by atoms with Gasteiger partial charge in [-0.3, -0.25) is 14.3 Å². The summed E-state index contributed by atoms with van der Waals surface area (Å²) in [4.78, 5) is 19.1. The molecule has 3 aromatic rings. The molecule has 1 fully saturated rings. The number of aromatic nitrogens is 4. The SMILES string of the molecule is O=C(CSc1nnc(-c2cccnc2)n1-c1ccc(SC(F)F)cc1)N1CCCCC1. The Morgan fingerprint density at radius 1 is 1.06 bits per heavy atom. The Labute approximate surface area is 187 Å². The van der Waals surface area contributed by atoms with Crippen LogP contribution in [0.3, 0.4) is 0 Å². The van der Waals surface area contributed by atoms with Crippen LogP contribution in [0.4, 0.5) is 8.78 Å². The van der Waals surface area contributed by atoms with E-state index in [4.69, 9.17) is 0 Å². The van der Waals surface area contributed by atoms with E-state index in [-0.39, 0.29) is 11.7 Å². The highest BCUT2D eigenvalue weighted by atomic mass is 32.2. The van der Waals surface area contributed by atoms with Crippen molar-refractivity contribution in [2.75, 3.05) is 18.8 Å². The summed E-state index contributed by atoms with van der Waals surface area (Å²) in [5, 5.41) is 9.20. The zero-order valence-electron chi connectivity index (χ0n) is 16.7. The molecule has 1 aliphatic heterocycles. The molecule has 1 amide bonds. The molecule has 0 unspecified atom stereocenters. The largest absolute Gasteiger partial charge is 0.342 e. The molecule has 1 aliphatic rings. The first-order chi connectivity index (χ1) is 15.1. The van der Waals surface area contributed by atoms with Gasteiger partial charge in [0, 0.05) is 41.6 Å². The Balaban J connectivity index is 1.61. The van der Waals surface area contributed by atoms with Gasteiger partial charge in [-0.25, -0.2) is 0 Å². The molecule has 162 valence electrons. The number of halogens is 2. The molecule has 0 N–H and O–H groups in total.